The molecule has 1 unspecified atom stereocenters. The molecular formula is C14H31Cl2N3O3. The molecule has 22 heavy (non-hydrogen) atoms. The molecule has 0 saturated carbocycles. The summed E-state index contributed by atoms with van der Waals surface area (Å²) in [5.74, 6) is 0.213. The van der Waals surface area contributed by atoms with Crippen molar-refractivity contribution in [2.45, 2.75) is 25.3 Å². The summed E-state index contributed by atoms with van der Waals surface area (Å²) < 4.78 is 10.3. The standard InChI is InChI=1S/C14H29N3O3.2ClH/c1-17(7-3-9-19-2)8-6-16-14(18)13(15)12-4-10-20-11-5-12;;/h12-13H,3-11,15H2,1-2H3,(H,16,18);2*1H. The Hall–Kier alpha value is -0.110. The molecule has 0 spiro atoms. The van der Waals surface area contributed by atoms with Crippen molar-refractivity contribution < 1.29 is 14.3 Å². The van der Waals surface area contributed by atoms with E-state index >= 15 is 0 Å². The highest BCUT2D eigenvalue weighted by Gasteiger charge is 2.26. The lowest BCUT2D eigenvalue weighted by atomic mass is 9.92. The van der Waals surface area contributed by atoms with E-state index in [2.05, 4.69) is 10.2 Å². The number of carbonyl (C=O) groups excluding carboxylic acids is 1. The third-order valence-corrected chi connectivity index (χ3v) is 3.76. The van der Waals surface area contributed by atoms with Crippen molar-refractivity contribution in [2.75, 3.05) is 53.6 Å². The number of methoxy groups -OCH3 is 1. The molecular weight excluding hydrogens is 329 g/mol. The first-order chi connectivity index (χ1) is 9.65. The van der Waals surface area contributed by atoms with Gasteiger partial charge in [0, 0.05) is 46.6 Å². The number of hydrogen-bond acceptors (Lipinski definition) is 5. The van der Waals surface area contributed by atoms with E-state index in [4.69, 9.17) is 15.2 Å². The predicted octanol–water partition coefficient (Wildman–Crippen LogP) is 0.668. The van der Waals surface area contributed by atoms with Gasteiger partial charge in [-0.25, -0.2) is 0 Å². The maximum atomic E-state index is 12.0. The SMILES string of the molecule is COCCCN(C)CCNC(=O)C(N)C1CCOCC1.Cl.Cl. The highest BCUT2D eigenvalue weighted by Crippen LogP contribution is 2.17. The number of rotatable bonds is 9. The summed E-state index contributed by atoms with van der Waals surface area (Å²) in [5.41, 5.74) is 6.01. The Labute approximate surface area is 146 Å². The Balaban J connectivity index is 0. The van der Waals surface area contributed by atoms with Crippen molar-refractivity contribution in [3.05, 3.63) is 0 Å². The van der Waals surface area contributed by atoms with Gasteiger partial charge in [0.25, 0.3) is 0 Å². The first-order valence-corrected chi connectivity index (χ1v) is 7.43. The van der Waals surface area contributed by atoms with Crippen LogP contribution in [0.25, 0.3) is 0 Å². The fourth-order valence-electron chi connectivity index (χ4n) is 2.37. The molecule has 0 radical (unpaired) electrons. The molecule has 1 saturated heterocycles. The van der Waals surface area contributed by atoms with Gasteiger partial charge >= 0.3 is 0 Å². The second-order valence-electron chi connectivity index (χ2n) is 5.42. The Morgan fingerprint density at radius 2 is 2.00 bits per heavy atom. The number of hydrogen-bond donors (Lipinski definition) is 2. The number of halogens is 2. The molecule has 6 nitrogen and oxygen atoms in total. The first-order valence-electron chi connectivity index (χ1n) is 7.43. The van der Waals surface area contributed by atoms with Gasteiger partial charge in [0.2, 0.25) is 5.91 Å². The van der Waals surface area contributed by atoms with Crippen LogP contribution in [-0.2, 0) is 14.3 Å². The van der Waals surface area contributed by atoms with Crippen LogP contribution in [0.15, 0.2) is 0 Å². The second-order valence-corrected chi connectivity index (χ2v) is 5.42. The lowest BCUT2D eigenvalue weighted by Crippen LogP contribution is -2.48. The van der Waals surface area contributed by atoms with Gasteiger partial charge in [-0.2, -0.15) is 0 Å². The van der Waals surface area contributed by atoms with E-state index in [0.717, 1.165) is 39.0 Å². The number of amides is 1. The summed E-state index contributed by atoms with van der Waals surface area (Å²) in [7, 11) is 3.75. The van der Waals surface area contributed by atoms with Gasteiger partial charge in [0.15, 0.2) is 0 Å². The number of nitrogens with two attached hydrogens (primary N) is 1. The summed E-state index contributed by atoms with van der Waals surface area (Å²) in [6.07, 6.45) is 2.76. The van der Waals surface area contributed by atoms with Crippen LogP contribution < -0.4 is 11.1 Å². The molecule has 134 valence electrons. The minimum Gasteiger partial charge on any atom is -0.385 e. The number of ether oxygens (including phenoxy) is 2. The molecule has 1 rings (SSSR count). The van der Waals surface area contributed by atoms with Crippen LogP contribution in [0.1, 0.15) is 19.3 Å². The zero-order valence-electron chi connectivity index (χ0n) is 13.6. The van der Waals surface area contributed by atoms with Crippen molar-refractivity contribution in [1.82, 2.24) is 10.2 Å². The fraction of sp³-hybridized carbons (Fsp3) is 0.929. The van der Waals surface area contributed by atoms with Crippen LogP contribution in [0.2, 0.25) is 0 Å². The average molecular weight is 360 g/mol. The van der Waals surface area contributed by atoms with Crippen molar-refractivity contribution in [3.63, 3.8) is 0 Å². The zero-order valence-corrected chi connectivity index (χ0v) is 15.2. The number of likely N-dealkylation sites (N-methyl/N-ethyl adjacent to an activating group) is 1. The zero-order chi connectivity index (χ0) is 14.8. The summed E-state index contributed by atoms with van der Waals surface area (Å²) in [4.78, 5) is 14.1. The number of carbonyl (C=O) groups is 1. The molecule has 1 aliphatic rings. The van der Waals surface area contributed by atoms with E-state index in [9.17, 15) is 4.79 Å². The van der Waals surface area contributed by atoms with E-state index in [1.165, 1.54) is 0 Å². The maximum Gasteiger partial charge on any atom is 0.237 e. The Morgan fingerprint density at radius 1 is 1.36 bits per heavy atom. The predicted molar refractivity (Wildman–Crippen MR) is 93.0 cm³/mol. The van der Waals surface area contributed by atoms with Gasteiger partial charge in [0.1, 0.15) is 0 Å². The highest BCUT2D eigenvalue weighted by molar-refractivity contribution is 5.85. The highest BCUT2D eigenvalue weighted by atomic mass is 35.5. The second kappa shape index (κ2) is 14.5. The third-order valence-electron chi connectivity index (χ3n) is 3.76. The quantitative estimate of drug-likeness (QED) is 0.591. The van der Waals surface area contributed by atoms with E-state index in [1.807, 2.05) is 7.05 Å². The lowest BCUT2D eigenvalue weighted by molar-refractivity contribution is -0.124. The molecule has 1 heterocycles. The molecule has 3 N–H and O–H groups in total. The van der Waals surface area contributed by atoms with Gasteiger partial charge in [-0.15, -0.1) is 24.8 Å². The van der Waals surface area contributed by atoms with Crippen LogP contribution in [0.4, 0.5) is 0 Å². The van der Waals surface area contributed by atoms with Gasteiger partial charge in [-0.05, 0) is 32.2 Å². The van der Waals surface area contributed by atoms with Crippen LogP contribution in [-0.4, -0.2) is 70.5 Å². The normalized spacial score (nSPS) is 16.5. The minimum absolute atomic E-state index is 0. The molecule has 1 amide bonds. The van der Waals surface area contributed by atoms with Crippen molar-refractivity contribution in [1.29, 1.82) is 0 Å². The molecule has 0 aliphatic carbocycles. The minimum atomic E-state index is -0.405. The smallest absolute Gasteiger partial charge is 0.237 e. The lowest BCUT2D eigenvalue weighted by Gasteiger charge is -2.27. The Morgan fingerprint density at radius 3 is 2.59 bits per heavy atom. The Kier molecular flexibility index (Phi) is 15.9. The average Bonchev–Trinajstić information content (AvgIpc) is 2.47. The van der Waals surface area contributed by atoms with Crippen LogP contribution >= 0.6 is 24.8 Å². The van der Waals surface area contributed by atoms with Gasteiger partial charge in [-0.1, -0.05) is 0 Å². The van der Waals surface area contributed by atoms with Crippen molar-refractivity contribution >= 4 is 30.7 Å². The molecule has 0 aromatic heterocycles. The van der Waals surface area contributed by atoms with Crippen LogP contribution in [0, 0.1) is 5.92 Å². The molecule has 0 aromatic carbocycles. The Bertz CT molecular complexity index is 280. The molecule has 1 aliphatic heterocycles. The maximum absolute atomic E-state index is 12.0. The van der Waals surface area contributed by atoms with Crippen LogP contribution in [0.3, 0.4) is 0 Å². The molecule has 0 aromatic rings. The molecule has 1 atom stereocenters. The van der Waals surface area contributed by atoms with Gasteiger partial charge in [0.05, 0.1) is 6.04 Å². The van der Waals surface area contributed by atoms with Crippen LogP contribution in [0.5, 0.6) is 0 Å². The van der Waals surface area contributed by atoms with E-state index in [0.29, 0.717) is 19.8 Å². The van der Waals surface area contributed by atoms with E-state index < -0.39 is 6.04 Å². The van der Waals surface area contributed by atoms with Crippen molar-refractivity contribution in [2.24, 2.45) is 11.7 Å². The summed E-state index contributed by atoms with van der Waals surface area (Å²) in [6, 6.07) is -0.405. The van der Waals surface area contributed by atoms with Gasteiger partial charge < -0.3 is 25.4 Å². The summed E-state index contributed by atoms with van der Waals surface area (Å²) in [6.45, 7) is 4.64. The summed E-state index contributed by atoms with van der Waals surface area (Å²) >= 11 is 0. The van der Waals surface area contributed by atoms with Gasteiger partial charge in [-0.3, -0.25) is 4.79 Å². The monoisotopic (exact) mass is 359 g/mol. The largest absolute Gasteiger partial charge is 0.385 e. The van der Waals surface area contributed by atoms with Crippen molar-refractivity contribution in [3.8, 4) is 0 Å². The molecule has 8 heteroatoms. The fourth-order valence-corrected chi connectivity index (χ4v) is 2.37. The molecule has 0 bridgehead atoms. The summed E-state index contributed by atoms with van der Waals surface area (Å²) in [5, 5.41) is 2.92. The first kappa shape index (κ1) is 24.1. The molecule has 1 fully saturated rings. The third kappa shape index (κ3) is 9.82. The van der Waals surface area contributed by atoms with E-state index in [1.54, 1.807) is 7.11 Å². The number of nitrogens with one attached hydrogen (secondary N) is 1. The van der Waals surface area contributed by atoms with E-state index in [-0.39, 0.29) is 36.6 Å². The number of nitrogens with zero attached hydrogens (tertiary/aromatic N) is 1. The topological polar surface area (TPSA) is 76.8 Å².